The third kappa shape index (κ3) is 2.06. The van der Waals surface area contributed by atoms with E-state index >= 15 is 0 Å². The van der Waals surface area contributed by atoms with Crippen molar-refractivity contribution in [3.05, 3.63) is 16.6 Å². The first-order valence-corrected chi connectivity index (χ1v) is 7.56. The lowest BCUT2D eigenvalue weighted by Crippen LogP contribution is -2.38. The molecule has 1 aliphatic carbocycles. The number of hydrogen-bond donors (Lipinski definition) is 0. The lowest BCUT2D eigenvalue weighted by Gasteiger charge is -2.26. The van der Waals surface area contributed by atoms with E-state index in [1.54, 1.807) is 11.3 Å². The van der Waals surface area contributed by atoms with Crippen molar-refractivity contribution >= 4 is 27.5 Å². The lowest BCUT2D eigenvalue weighted by atomic mass is 10.2. The van der Waals surface area contributed by atoms with Gasteiger partial charge in [0.05, 0.1) is 10.6 Å². The Bertz CT molecular complexity index is 600. The molecule has 19 heavy (non-hydrogen) atoms. The molecule has 0 spiro atoms. The first-order chi connectivity index (χ1) is 8.99. The highest BCUT2D eigenvalue weighted by Crippen LogP contribution is 2.33. The summed E-state index contributed by atoms with van der Waals surface area (Å²) in [5.74, 6) is 0.179. The summed E-state index contributed by atoms with van der Waals surface area (Å²) in [5, 5.41) is 5.49. The molecule has 2 aromatic rings. The average molecular weight is 277 g/mol. The van der Waals surface area contributed by atoms with Gasteiger partial charge in [0.25, 0.3) is 5.91 Å². The van der Waals surface area contributed by atoms with Crippen LogP contribution < -0.4 is 0 Å². The zero-order valence-electron chi connectivity index (χ0n) is 11.8. The van der Waals surface area contributed by atoms with E-state index in [-0.39, 0.29) is 11.9 Å². The molecule has 0 radical (unpaired) electrons. The molecule has 0 aliphatic heterocycles. The summed E-state index contributed by atoms with van der Waals surface area (Å²) in [6.07, 6.45) is 2.30. The molecule has 3 rings (SSSR count). The predicted molar refractivity (Wildman–Crippen MR) is 77.7 cm³/mol. The Balaban J connectivity index is 1.98. The highest BCUT2D eigenvalue weighted by Gasteiger charge is 2.35. The van der Waals surface area contributed by atoms with Crippen LogP contribution in [-0.2, 0) is 7.05 Å². The minimum Gasteiger partial charge on any atom is -0.333 e. The predicted octanol–water partition coefficient (Wildman–Crippen LogP) is 2.96. The molecule has 0 atom stereocenters. The van der Waals surface area contributed by atoms with Crippen LogP contribution in [0.5, 0.6) is 0 Å². The fourth-order valence-corrected chi connectivity index (χ4v) is 3.68. The van der Waals surface area contributed by atoms with Gasteiger partial charge in [0.15, 0.2) is 0 Å². The van der Waals surface area contributed by atoms with Crippen molar-refractivity contribution in [2.75, 3.05) is 0 Å². The van der Waals surface area contributed by atoms with Crippen LogP contribution in [0.25, 0.3) is 10.2 Å². The van der Waals surface area contributed by atoms with Gasteiger partial charge in [-0.3, -0.25) is 9.48 Å². The van der Waals surface area contributed by atoms with Crippen LogP contribution in [0.3, 0.4) is 0 Å². The number of aromatic nitrogens is 2. The summed E-state index contributed by atoms with van der Waals surface area (Å²) in [5.41, 5.74) is 0.996. The van der Waals surface area contributed by atoms with Gasteiger partial charge in [0.2, 0.25) is 0 Å². The Morgan fingerprint density at radius 1 is 1.53 bits per heavy atom. The molecule has 0 unspecified atom stereocenters. The number of aryl methyl sites for hydroxylation is 2. The Labute approximate surface area is 117 Å². The molecule has 0 N–H and O–H groups in total. The van der Waals surface area contributed by atoms with Gasteiger partial charge >= 0.3 is 0 Å². The largest absolute Gasteiger partial charge is 0.333 e. The second-order valence-electron chi connectivity index (χ2n) is 5.58. The molecule has 1 amide bonds. The summed E-state index contributed by atoms with van der Waals surface area (Å²) in [7, 11) is 1.93. The molecule has 1 fully saturated rings. The van der Waals surface area contributed by atoms with E-state index in [9.17, 15) is 4.79 Å². The maximum Gasteiger partial charge on any atom is 0.264 e. The van der Waals surface area contributed by atoms with E-state index in [0.29, 0.717) is 6.04 Å². The number of fused-ring (bicyclic) bond motifs is 1. The van der Waals surface area contributed by atoms with Gasteiger partial charge in [-0.2, -0.15) is 5.10 Å². The molecule has 0 saturated heterocycles. The van der Waals surface area contributed by atoms with Gasteiger partial charge in [-0.15, -0.1) is 11.3 Å². The fraction of sp³-hybridized carbons (Fsp3) is 0.571. The van der Waals surface area contributed by atoms with Crippen molar-refractivity contribution in [3.63, 3.8) is 0 Å². The maximum absolute atomic E-state index is 12.7. The molecule has 2 aromatic heterocycles. The maximum atomic E-state index is 12.7. The van der Waals surface area contributed by atoms with Crippen molar-refractivity contribution in [1.82, 2.24) is 14.7 Å². The summed E-state index contributed by atoms with van der Waals surface area (Å²) in [6, 6.07) is 2.73. The van der Waals surface area contributed by atoms with Crippen LogP contribution in [0, 0.1) is 6.92 Å². The highest BCUT2D eigenvalue weighted by atomic mass is 32.1. The SMILES string of the molecule is Cc1nn(C)c2sc(C(=O)N(C(C)C)C3CC3)cc12. The molecule has 102 valence electrons. The molecule has 0 aromatic carbocycles. The molecule has 2 heterocycles. The zero-order chi connectivity index (χ0) is 13.7. The zero-order valence-corrected chi connectivity index (χ0v) is 12.6. The first-order valence-electron chi connectivity index (χ1n) is 6.75. The molecule has 0 bridgehead atoms. The lowest BCUT2D eigenvalue weighted by molar-refractivity contribution is 0.0695. The van der Waals surface area contributed by atoms with Gasteiger partial charge in [-0.05, 0) is 39.7 Å². The van der Waals surface area contributed by atoms with Crippen molar-refractivity contribution in [2.24, 2.45) is 7.05 Å². The number of rotatable bonds is 3. The van der Waals surface area contributed by atoms with Crippen molar-refractivity contribution in [3.8, 4) is 0 Å². The fourth-order valence-electron chi connectivity index (χ4n) is 2.61. The van der Waals surface area contributed by atoms with Crippen LogP contribution in [-0.4, -0.2) is 32.7 Å². The van der Waals surface area contributed by atoms with E-state index < -0.39 is 0 Å². The molecular weight excluding hydrogens is 258 g/mol. The summed E-state index contributed by atoms with van der Waals surface area (Å²) in [6.45, 7) is 6.18. The average Bonchev–Trinajstić information content (AvgIpc) is 2.98. The topological polar surface area (TPSA) is 38.1 Å². The minimum absolute atomic E-state index is 0.179. The van der Waals surface area contributed by atoms with Crippen LogP contribution in [0.4, 0.5) is 0 Å². The van der Waals surface area contributed by atoms with Gasteiger partial charge in [0, 0.05) is 24.5 Å². The van der Waals surface area contributed by atoms with Crippen LogP contribution in [0.1, 0.15) is 42.1 Å². The number of thiophene rings is 1. The Kier molecular flexibility index (Phi) is 2.89. The normalized spacial score (nSPS) is 15.4. The quantitative estimate of drug-likeness (QED) is 0.865. The second kappa shape index (κ2) is 4.34. The third-order valence-corrected chi connectivity index (χ3v) is 4.83. The van der Waals surface area contributed by atoms with E-state index in [0.717, 1.165) is 33.6 Å². The number of nitrogens with zero attached hydrogens (tertiary/aromatic N) is 3. The molecule has 1 saturated carbocycles. The Morgan fingerprint density at radius 3 is 2.74 bits per heavy atom. The Hall–Kier alpha value is -1.36. The summed E-state index contributed by atoms with van der Waals surface area (Å²) in [4.78, 5) is 16.6. The summed E-state index contributed by atoms with van der Waals surface area (Å²) >= 11 is 1.55. The van der Waals surface area contributed by atoms with Crippen molar-refractivity contribution in [1.29, 1.82) is 0 Å². The van der Waals surface area contributed by atoms with Gasteiger partial charge in [-0.1, -0.05) is 0 Å². The number of amides is 1. The van der Waals surface area contributed by atoms with Crippen LogP contribution in [0.15, 0.2) is 6.07 Å². The van der Waals surface area contributed by atoms with E-state index in [2.05, 4.69) is 18.9 Å². The standard InChI is InChI=1S/C14H19N3OS/c1-8(2)17(10-5-6-10)13(18)12-7-11-9(3)15-16(4)14(11)19-12/h7-8,10H,5-6H2,1-4H3. The van der Waals surface area contributed by atoms with E-state index in [1.165, 1.54) is 0 Å². The third-order valence-electron chi connectivity index (χ3n) is 3.64. The molecule has 5 heteroatoms. The number of hydrogen-bond acceptors (Lipinski definition) is 3. The molecule has 4 nitrogen and oxygen atoms in total. The van der Waals surface area contributed by atoms with Crippen LogP contribution >= 0.6 is 11.3 Å². The van der Waals surface area contributed by atoms with Crippen molar-refractivity contribution < 1.29 is 4.79 Å². The smallest absolute Gasteiger partial charge is 0.264 e. The summed E-state index contributed by atoms with van der Waals surface area (Å²) < 4.78 is 1.86. The van der Waals surface area contributed by atoms with E-state index in [1.807, 2.05) is 29.6 Å². The van der Waals surface area contributed by atoms with Gasteiger partial charge < -0.3 is 4.90 Å². The second-order valence-corrected chi connectivity index (χ2v) is 6.61. The number of carbonyl (C=O) groups is 1. The monoisotopic (exact) mass is 277 g/mol. The van der Waals surface area contributed by atoms with Crippen molar-refractivity contribution in [2.45, 2.75) is 45.7 Å². The molecular formula is C14H19N3OS. The van der Waals surface area contributed by atoms with Gasteiger partial charge in [-0.25, -0.2) is 0 Å². The van der Waals surface area contributed by atoms with E-state index in [4.69, 9.17) is 0 Å². The first kappa shape index (κ1) is 12.7. The molecule has 1 aliphatic rings. The minimum atomic E-state index is 0.179. The van der Waals surface area contributed by atoms with Crippen LogP contribution in [0.2, 0.25) is 0 Å². The Morgan fingerprint density at radius 2 is 2.21 bits per heavy atom. The van der Waals surface area contributed by atoms with Gasteiger partial charge in [0.1, 0.15) is 4.83 Å². The highest BCUT2D eigenvalue weighted by molar-refractivity contribution is 7.20. The number of carbonyl (C=O) groups excluding carboxylic acids is 1.